The highest BCUT2D eigenvalue weighted by Crippen LogP contribution is 2.24. The summed E-state index contributed by atoms with van der Waals surface area (Å²) in [7, 11) is 1.68. The van der Waals surface area contributed by atoms with Crippen LogP contribution in [0.15, 0.2) is 48.8 Å². The Bertz CT molecular complexity index is 901. The molecule has 0 unspecified atom stereocenters. The number of para-hydroxylation sites is 2. The maximum Gasteiger partial charge on any atom is 0.242 e. The Morgan fingerprint density at radius 3 is 2.96 bits per heavy atom. The van der Waals surface area contributed by atoms with Crippen molar-refractivity contribution in [2.24, 2.45) is 0 Å². The molecule has 0 fully saturated rings. The summed E-state index contributed by atoms with van der Waals surface area (Å²) in [6.45, 7) is 1.72. The Labute approximate surface area is 140 Å². The van der Waals surface area contributed by atoms with Crippen LogP contribution in [0.1, 0.15) is 11.1 Å². The number of nitrogens with zero attached hydrogens (tertiary/aromatic N) is 3. The Hall–Kier alpha value is -2.82. The quantitative estimate of drug-likeness (QED) is 0.745. The van der Waals surface area contributed by atoms with Crippen LogP contribution in [0.2, 0.25) is 0 Å². The summed E-state index contributed by atoms with van der Waals surface area (Å²) in [5.41, 5.74) is 4.38. The van der Waals surface area contributed by atoms with E-state index in [-0.39, 0.29) is 5.91 Å². The number of fused-ring (bicyclic) bond motifs is 2. The van der Waals surface area contributed by atoms with Crippen LogP contribution >= 0.6 is 0 Å². The molecule has 0 bridgehead atoms. The lowest BCUT2D eigenvalue weighted by molar-refractivity contribution is -0.132. The van der Waals surface area contributed by atoms with Crippen molar-refractivity contribution in [1.29, 1.82) is 0 Å². The van der Waals surface area contributed by atoms with Crippen molar-refractivity contribution in [3.05, 3.63) is 59.9 Å². The van der Waals surface area contributed by atoms with E-state index in [4.69, 9.17) is 4.74 Å². The van der Waals surface area contributed by atoms with Crippen LogP contribution in [0, 0.1) is 0 Å². The number of hydrogen-bond donors (Lipinski definition) is 0. The van der Waals surface area contributed by atoms with Crippen molar-refractivity contribution in [3.8, 4) is 5.75 Å². The van der Waals surface area contributed by atoms with E-state index in [9.17, 15) is 4.79 Å². The minimum atomic E-state index is 0.125. The molecule has 1 amide bonds. The van der Waals surface area contributed by atoms with Gasteiger partial charge in [0, 0.05) is 13.1 Å². The molecular formula is C19H19N3O2. The highest BCUT2D eigenvalue weighted by Gasteiger charge is 2.21. The lowest BCUT2D eigenvalue weighted by Gasteiger charge is -2.29. The molecule has 0 atom stereocenters. The van der Waals surface area contributed by atoms with Gasteiger partial charge in [0.25, 0.3) is 0 Å². The minimum Gasteiger partial charge on any atom is -0.497 e. The third-order valence-corrected chi connectivity index (χ3v) is 4.61. The van der Waals surface area contributed by atoms with Gasteiger partial charge >= 0.3 is 0 Å². The second kappa shape index (κ2) is 6.00. The van der Waals surface area contributed by atoms with Gasteiger partial charge in [-0.2, -0.15) is 0 Å². The number of methoxy groups -OCH3 is 1. The number of benzene rings is 2. The van der Waals surface area contributed by atoms with Crippen LogP contribution in [-0.2, 0) is 24.3 Å². The van der Waals surface area contributed by atoms with E-state index in [1.165, 1.54) is 11.1 Å². The number of imidazole rings is 1. The van der Waals surface area contributed by atoms with Gasteiger partial charge < -0.3 is 14.2 Å². The van der Waals surface area contributed by atoms with Gasteiger partial charge in [0.1, 0.15) is 12.3 Å². The summed E-state index contributed by atoms with van der Waals surface area (Å²) in [5.74, 6) is 0.998. The zero-order chi connectivity index (χ0) is 16.5. The number of aromatic nitrogens is 2. The fraction of sp³-hybridized carbons (Fsp3) is 0.263. The van der Waals surface area contributed by atoms with E-state index in [2.05, 4.69) is 17.1 Å². The van der Waals surface area contributed by atoms with Crippen LogP contribution in [0.3, 0.4) is 0 Å². The van der Waals surface area contributed by atoms with Crippen molar-refractivity contribution in [3.63, 3.8) is 0 Å². The van der Waals surface area contributed by atoms with Crippen molar-refractivity contribution < 1.29 is 9.53 Å². The molecule has 5 nitrogen and oxygen atoms in total. The fourth-order valence-corrected chi connectivity index (χ4v) is 3.25. The van der Waals surface area contributed by atoms with Crippen LogP contribution in [0.5, 0.6) is 5.75 Å². The number of carbonyl (C=O) groups excluding carboxylic acids is 1. The van der Waals surface area contributed by atoms with E-state index < -0.39 is 0 Å². The van der Waals surface area contributed by atoms with Crippen molar-refractivity contribution in [2.75, 3.05) is 13.7 Å². The monoisotopic (exact) mass is 321 g/mol. The fourth-order valence-electron chi connectivity index (χ4n) is 3.25. The largest absolute Gasteiger partial charge is 0.497 e. The van der Waals surface area contributed by atoms with Crippen LogP contribution < -0.4 is 4.74 Å². The first-order valence-corrected chi connectivity index (χ1v) is 8.08. The topological polar surface area (TPSA) is 47.4 Å². The summed E-state index contributed by atoms with van der Waals surface area (Å²) in [4.78, 5) is 19.0. The van der Waals surface area contributed by atoms with Gasteiger partial charge in [-0.05, 0) is 41.8 Å². The summed E-state index contributed by atoms with van der Waals surface area (Å²) in [5, 5.41) is 0. The Kier molecular flexibility index (Phi) is 3.69. The first-order chi connectivity index (χ1) is 11.7. The molecule has 2 heterocycles. The molecule has 24 heavy (non-hydrogen) atoms. The smallest absolute Gasteiger partial charge is 0.242 e. The molecule has 0 saturated heterocycles. The number of hydrogen-bond acceptors (Lipinski definition) is 3. The normalized spacial score (nSPS) is 13.8. The van der Waals surface area contributed by atoms with Crippen LogP contribution in [0.4, 0.5) is 0 Å². The van der Waals surface area contributed by atoms with Gasteiger partial charge in [-0.15, -0.1) is 0 Å². The number of carbonyl (C=O) groups is 1. The summed E-state index contributed by atoms with van der Waals surface area (Å²) in [6.07, 6.45) is 2.61. The number of amides is 1. The molecular weight excluding hydrogens is 302 g/mol. The Balaban J connectivity index is 1.51. The van der Waals surface area contributed by atoms with Gasteiger partial charge in [-0.1, -0.05) is 18.2 Å². The second-order valence-corrected chi connectivity index (χ2v) is 6.06. The van der Waals surface area contributed by atoms with E-state index in [0.717, 1.165) is 29.7 Å². The third kappa shape index (κ3) is 2.62. The maximum absolute atomic E-state index is 12.7. The van der Waals surface area contributed by atoms with E-state index >= 15 is 0 Å². The number of ether oxygens (including phenoxy) is 1. The average Bonchev–Trinajstić information content (AvgIpc) is 3.04. The maximum atomic E-state index is 12.7. The zero-order valence-corrected chi connectivity index (χ0v) is 13.6. The Morgan fingerprint density at radius 1 is 1.21 bits per heavy atom. The molecule has 0 spiro atoms. The van der Waals surface area contributed by atoms with Gasteiger partial charge in [-0.3, -0.25) is 4.79 Å². The van der Waals surface area contributed by atoms with Crippen molar-refractivity contribution >= 4 is 16.9 Å². The summed E-state index contributed by atoms with van der Waals surface area (Å²) in [6, 6.07) is 14.0. The molecule has 1 aliphatic rings. The molecule has 0 radical (unpaired) electrons. The molecule has 0 N–H and O–H groups in total. The molecule has 2 aromatic carbocycles. The first-order valence-electron chi connectivity index (χ1n) is 8.08. The first kappa shape index (κ1) is 14.8. The van der Waals surface area contributed by atoms with E-state index in [1.807, 2.05) is 39.8 Å². The van der Waals surface area contributed by atoms with Gasteiger partial charge in [0.15, 0.2) is 0 Å². The SMILES string of the molecule is COc1ccc2c(c1)CCN(C(=O)Cn1cnc3ccccc31)C2. The standard InChI is InChI=1S/C19H19N3O2/c1-24-16-7-6-15-11-21(9-8-14(15)10-16)19(23)12-22-13-20-17-4-2-3-5-18(17)22/h2-7,10,13H,8-9,11-12H2,1H3. The predicted octanol–water partition coefficient (Wildman–Crippen LogP) is 2.63. The number of rotatable bonds is 3. The molecule has 0 aliphatic carbocycles. The Morgan fingerprint density at radius 2 is 2.08 bits per heavy atom. The van der Waals surface area contributed by atoms with Crippen LogP contribution in [0.25, 0.3) is 11.0 Å². The minimum absolute atomic E-state index is 0.125. The molecule has 122 valence electrons. The van der Waals surface area contributed by atoms with Crippen molar-refractivity contribution in [2.45, 2.75) is 19.5 Å². The van der Waals surface area contributed by atoms with Crippen LogP contribution in [-0.4, -0.2) is 34.0 Å². The van der Waals surface area contributed by atoms with Gasteiger partial charge in [0.05, 0.1) is 24.5 Å². The molecule has 5 heteroatoms. The predicted molar refractivity (Wildman–Crippen MR) is 91.8 cm³/mol. The lowest BCUT2D eigenvalue weighted by atomic mass is 9.99. The van der Waals surface area contributed by atoms with Gasteiger partial charge in [-0.25, -0.2) is 4.98 Å². The molecule has 4 rings (SSSR count). The summed E-state index contributed by atoms with van der Waals surface area (Å²) >= 11 is 0. The molecule has 3 aromatic rings. The lowest BCUT2D eigenvalue weighted by Crippen LogP contribution is -2.37. The van der Waals surface area contributed by atoms with Gasteiger partial charge in [0.2, 0.25) is 5.91 Å². The molecule has 1 aromatic heterocycles. The highest BCUT2D eigenvalue weighted by atomic mass is 16.5. The van der Waals surface area contributed by atoms with E-state index in [0.29, 0.717) is 13.1 Å². The zero-order valence-electron chi connectivity index (χ0n) is 13.6. The van der Waals surface area contributed by atoms with Crippen molar-refractivity contribution in [1.82, 2.24) is 14.5 Å². The molecule has 1 aliphatic heterocycles. The average molecular weight is 321 g/mol. The third-order valence-electron chi connectivity index (χ3n) is 4.61. The highest BCUT2D eigenvalue weighted by molar-refractivity contribution is 5.80. The summed E-state index contributed by atoms with van der Waals surface area (Å²) < 4.78 is 7.19. The van der Waals surface area contributed by atoms with E-state index in [1.54, 1.807) is 13.4 Å². The second-order valence-electron chi connectivity index (χ2n) is 6.06. The molecule has 0 saturated carbocycles.